The van der Waals surface area contributed by atoms with Crippen LogP contribution in [0.15, 0.2) is 23.3 Å². The highest BCUT2D eigenvalue weighted by molar-refractivity contribution is 6.29. The lowest BCUT2D eigenvalue weighted by Gasteiger charge is -1.96. The van der Waals surface area contributed by atoms with Gasteiger partial charge in [0.05, 0.1) is 0 Å². The molecular formula is C8H13Cl. The van der Waals surface area contributed by atoms with Crippen LogP contribution in [0.4, 0.5) is 0 Å². The van der Waals surface area contributed by atoms with Gasteiger partial charge in [-0.1, -0.05) is 29.8 Å². The van der Waals surface area contributed by atoms with Crippen molar-refractivity contribution in [1.82, 2.24) is 0 Å². The van der Waals surface area contributed by atoms with Crippen molar-refractivity contribution >= 4 is 11.6 Å². The van der Waals surface area contributed by atoms with E-state index >= 15 is 0 Å². The Hall–Kier alpha value is -0.230. The van der Waals surface area contributed by atoms with Crippen LogP contribution in [0.3, 0.4) is 0 Å². The predicted molar refractivity (Wildman–Crippen MR) is 43.7 cm³/mol. The molecule has 0 atom stereocenters. The van der Waals surface area contributed by atoms with Crippen molar-refractivity contribution in [2.75, 3.05) is 0 Å². The third-order valence-corrected chi connectivity index (χ3v) is 1.47. The van der Waals surface area contributed by atoms with Crippen LogP contribution in [-0.4, -0.2) is 0 Å². The first-order valence-electron chi connectivity index (χ1n) is 3.12. The van der Waals surface area contributed by atoms with Crippen molar-refractivity contribution in [3.8, 4) is 0 Å². The molecular weight excluding hydrogens is 132 g/mol. The molecule has 0 rings (SSSR count). The Balaban J connectivity index is 3.39. The number of rotatable bonds is 3. The van der Waals surface area contributed by atoms with Gasteiger partial charge in [-0.2, -0.15) is 0 Å². The zero-order valence-corrected chi connectivity index (χ0v) is 6.83. The van der Waals surface area contributed by atoms with Crippen molar-refractivity contribution in [2.24, 2.45) is 0 Å². The van der Waals surface area contributed by atoms with Crippen molar-refractivity contribution in [3.63, 3.8) is 0 Å². The number of allylic oxidation sites excluding steroid dienone is 3. The molecule has 0 saturated carbocycles. The van der Waals surface area contributed by atoms with Crippen LogP contribution in [0.25, 0.3) is 0 Å². The summed E-state index contributed by atoms with van der Waals surface area (Å²) < 4.78 is 0. The molecule has 0 aliphatic carbocycles. The minimum absolute atomic E-state index is 0.746. The van der Waals surface area contributed by atoms with Crippen molar-refractivity contribution in [1.29, 1.82) is 0 Å². The molecule has 0 bridgehead atoms. The van der Waals surface area contributed by atoms with E-state index in [4.69, 9.17) is 11.6 Å². The topological polar surface area (TPSA) is 0 Å². The molecule has 52 valence electrons. The number of hydrogen-bond donors (Lipinski definition) is 0. The molecule has 0 saturated heterocycles. The van der Waals surface area contributed by atoms with Crippen LogP contribution >= 0.6 is 11.6 Å². The van der Waals surface area contributed by atoms with E-state index in [1.165, 1.54) is 5.57 Å². The fraction of sp³-hybridized carbons (Fsp3) is 0.500. The van der Waals surface area contributed by atoms with Crippen molar-refractivity contribution in [3.05, 3.63) is 23.3 Å². The van der Waals surface area contributed by atoms with Crippen LogP contribution in [0.1, 0.15) is 26.7 Å². The largest absolute Gasteiger partial charge is 0.0898 e. The maximum atomic E-state index is 5.56. The molecule has 9 heavy (non-hydrogen) atoms. The van der Waals surface area contributed by atoms with E-state index < -0.39 is 0 Å². The second-order valence-corrected chi connectivity index (χ2v) is 2.69. The van der Waals surface area contributed by atoms with Crippen molar-refractivity contribution < 1.29 is 0 Å². The van der Waals surface area contributed by atoms with Crippen molar-refractivity contribution in [2.45, 2.75) is 26.7 Å². The molecule has 0 radical (unpaired) electrons. The van der Waals surface area contributed by atoms with Crippen LogP contribution < -0.4 is 0 Å². The molecule has 0 amide bonds. The van der Waals surface area contributed by atoms with Gasteiger partial charge in [-0.05, 0) is 26.7 Å². The van der Waals surface area contributed by atoms with E-state index in [0.717, 1.165) is 17.9 Å². The molecule has 0 spiro atoms. The summed E-state index contributed by atoms with van der Waals surface area (Å²) in [5, 5.41) is 0.746. The lowest BCUT2D eigenvalue weighted by atomic mass is 10.1. The molecule has 0 N–H and O–H groups in total. The van der Waals surface area contributed by atoms with E-state index in [1.54, 1.807) is 0 Å². The summed E-state index contributed by atoms with van der Waals surface area (Å²) in [4.78, 5) is 0. The van der Waals surface area contributed by atoms with Crippen LogP contribution in [-0.2, 0) is 0 Å². The molecule has 0 aliphatic rings. The number of halogens is 1. The Kier molecular flexibility index (Phi) is 4.51. The average Bonchev–Trinajstić information content (AvgIpc) is 1.83. The Morgan fingerprint density at radius 3 is 2.44 bits per heavy atom. The average molecular weight is 145 g/mol. The van der Waals surface area contributed by atoms with Gasteiger partial charge in [0.25, 0.3) is 0 Å². The van der Waals surface area contributed by atoms with Gasteiger partial charge in [0.2, 0.25) is 0 Å². The third kappa shape index (κ3) is 5.64. The first kappa shape index (κ1) is 8.77. The minimum atomic E-state index is 0.746. The Morgan fingerprint density at radius 2 is 2.11 bits per heavy atom. The highest BCUT2D eigenvalue weighted by Gasteiger charge is 1.89. The first-order chi connectivity index (χ1) is 4.16. The highest BCUT2D eigenvalue weighted by Crippen LogP contribution is 2.11. The van der Waals surface area contributed by atoms with Gasteiger partial charge in [0, 0.05) is 5.03 Å². The minimum Gasteiger partial charge on any atom is -0.0898 e. The second kappa shape index (κ2) is 4.63. The van der Waals surface area contributed by atoms with E-state index in [-0.39, 0.29) is 0 Å². The van der Waals surface area contributed by atoms with Crippen LogP contribution in [0, 0.1) is 0 Å². The normalized spacial score (nSPS) is 11.7. The molecule has 0 aromatic carbocycles. The summed E-state index contributed by atoms with van der Waals surface area (Å²) in [6.07, 6.45) is 4.04. The van der Waals surface area contributed by atoms with Gasteiger partial charge < -0.3 is 0 Å². The lowest BCUT2D eigenvalue weighted by Crippen LogP contribution is -1.75. The Labute approximate surface area is 62.2 Å². The number of hydrogen-bond acceptors (Lipinski definition) is 0. The Bertz CT molecular complexity index is 123. The third-order valence-electron chi connectivity index (χ3n) is 1.28. The molecule has 0 unspecified atom stereocenters. The van der Waals surface area contributed by atoms with Crippen LogP contribution in [0.5, 0.6) is 0 Å². The standard InChI is InChI=1S/C8H13Cl/c1-4-7(2)5-6-8(3)9/h4H,3,5-6H2,1-2H3. The summed E-state index contributed by atoms with van der Waals surface area (Å²) in [7, 11) is 0. The highest BCUT2D eigenvalue weighted by atomic mass is 35.5. The lowest BCUT2D eigenvalue weighted by molar-refractivity contribution is 0.963. The quantitative estimate of drug-likeness (QED) is 0.532. The van der Waals surface area contributed by atoms with E-state index in [2.05, 4.69) is 19.6 Å². The van der Waals surface area contributed by atoms with E-state index in [1.807, 2.05) is 6.92 Å². The summed E-state index contributed by atoms with van der Waals surface area (Å²) in [5.74, 6) is 0. The molecule has 0 aromatic heterocycles. The molecule has 0 aromatic rings. The summed E-state index contributed by atoms with van der Waals surface area (Å²) >= 11 is 5.56. The Morgan fingerprint density at radius 1 is 1.56 bits per heavy atom. The van der Waals surface area contributed by atoms with Gasteiger partial charge in [0.1, 0.15) is 0 Å². The fourth-order valence-electron chi connectivity index (χ4n) is 0.477. The molecule has 0 fully saturated rings. The van der Waals surface area contributed by atoms with E-state index in [0.29, 0.717) is 0 Å². The summed E-state index contributed by atoms with van der Waals surface area (Å²) in [5.41, 5.74) is 1.37. The zero-order chi connectivity index (χ0) is 7.28. The maximum absolute atomic E-state index is 5.56. The van der Waals surface area contributed by atoms with Gasteiger partial charge in [0.15, 0.2) is 0 Å². The fourth-order valence-corrected chi connectivity index (χ4v) is 0.572. The van der Waals surface area contributed by atoms with E-state index in [9.17, 15) is 0 Å². The first-order valence-corrected chi connectivity index (χ1v) is 3.49. The molecule has 0 aliphatic heterocycles. The maximum Gasteiger partial charge on any atom is 0.0112 e. The molecule has 0 nitrogen and oxygen atoms in total. The van der Waals surface area contributed by atoms with Gasteiger partial charge in [-0.15, -0.1) is 0 Å². The second-order valence-electron chi connectivity index (χ2n) is 2.15. The monoisotopic (exact) mass is 144 g/mol. The smallest absolute Gasteiger partial charge is 0.0112 e. The summed E-state index contributed by atoms with van der Waals surface area (Å²) in [6, 6.07) is 0. The van der Waals surface area contributed by atoms with Crippen LogP contribution in [0.2, 0.25) is 0 Å². The predicted octanol–water partition coefficient (Wildman–Crippen LogP) is 3.49. The van der Waals surface area contributed by atoms with Gasteiger partial charge in [-0.25, -0.2) is 0 Å². The molecule has 0 heterocycles. The van der Waals surface area contributed by atoms with Gasteiger partial charge >= 0.3 is 0 Å². The summed E-state index contributed by atoms with van der Waals surface area (Å²) in [6.45, 7) is 7.73. The van der Waals surface area contributed by atoms with Gasteiger partial charge in [-0.3, -0.25) is 0 Å². The SMILES string of the molecule is C=C(Cl)CCC(C)=CC. The zero-order valence-electron chi connectivity index (χ0n) is 6.08. The molecule has 1 heteroatoms.